The van der Waals surface area contributed by atoms with Crippen LogP contribution in [0.5, 0.6) is 0 Å². The van der Waals surface area contributed by atoms with E-state index in [1.807, 2.05) is 0 Å². The highest BCUT2D eigenvalue weighted by Crippen LogP contribution is 2.27. The molecule has 0 spiro atoms. The quantitative estimate of drug-likeness (QED) is 0.281. The number of benzene rings is 2. The zero-order valence-electron chi connectivity index (χ0n) is 19.4. The van der Waals surface area contributed by atoms with Crippen LogP contribution in [-0.4, -0.2) is 39.1 Å². The van der Waals surface area contributed by atoms with E-state index >= 15 is 0 Å². The molecule has 0 saturated heterocycles. The van der Waals surface area contributed by atoms with Crippen LogP contribution in [0.4, 0.5) is 24.7 Å². The minimum Gasteiger partial charge on any atom is -0.322 e. The third kappa shape index (κ3) is 5.51. The van der Waals surface area contributed by atoms with Gasteiger partial charge in [0.2, 0.25) is 0 Å². The van der Waals surface area contributed by atoms with E-state index in [-0.39, 0.29) is 38.5 Å². The monoisotopic (exact) mass is 573 g/mol. The first-order valence-corrected chi connectivity index (χ1v) is 12.8. The summed E-state index contributed by atoms with van der Waals surface area (Å²) in [5.41, 5.74) is -0.0834. The number of alkyl halides is 2. The summed E-state index contributed by atoms with van der Waals surface area (Å²) in [7, 11) is -4.02. The Morgan fingerprint density at radius 3 is 2.33 bits per heavy atom. The number of anilines is 2. The molecule has 0 aliphatic rings. The van der Waals surface area contributed by atoms with Crippen LogP contribution in [0.3, 0.4) is 0 Å². The molecule has 3 heterocycles. The number of amides is 1. The first-order chi connectivity index (χ1) is 18.6. The Bertz CT molecular complexity index is 1780. The molecule has 15 heteroatoms. The number of fused-ring (bicyclic) bond motifs is 1. The van der Waals surface area contributed by atoms with Crippen molar-refractivity contribution in [3.05, 3.63) is 95.2 Å². The summed E-state index contributed by atoms with van der Waals surface area (Å²) in [6.07, 6.45) is -1.85. The van der Waals surface area contributed by atoms with Gasteiger partial charge in [0.15, 0.2) is 16.6 Å². The number of aromatic nitrogens is 5. The number of carbonyl (C=O) groups is 1. The SMILES string of the molecule is O=C(Nc1ccc(S(=O)(=O)Nc2ccc(Cl)nn2)cc1)c1cnn2c(C(F)F)cc(-c3ccc(F)cc3)nc12. The molecule has 2 N–H and O–H groups in total. The summed E-state index contributed by atoms with van der Waals surface area (Å²) in [4.78, 5) is 17.2. The molecule has 0 radical (unpaired) electrons. The minimum atomic E-state index is -4.02. The Balaban J connectivity index is 1.40. The van der Waals surface area contributed by atoms with E-state index in [0.29, 0.717) is 5.56 Å². The fourth-order valence-electron chi connectivity index (χ4n) is 3.55. The Hall–Kier alpha value is -4.56. The highest BCUT2D eigenvalue weighted by atomic mass is 35.5. The Morgan fingerprint density at radius 2 is 1.69 bits per heavy atom. The second kappa shape index (κ2) is 10.3. The predicted octanol–water partition coefficient (Wildman–Crippen LogP) is 4.97. The van der Waals surface area contributed by atoms with Crippen LogP contribution in [0.25, 0.3) is 16.9 Å². The predicted molar refractivity (Wildman–Crippen MR) is 136 cm³/mol. The van der Waals surface area contributed by atoms with Gasteiger partial charge in [0.1, 0.15) is 17.1 Å². The second-order valence-corrected chi connectivity index (χ2v) is 10.1. The smallest absolute Gasteiger partial charge is 0.280 e. The number of rotatable bonds is 7. The van der Waals surface area contributed by atoms with Gasteiger partial charge in [-0.3, -0.25) is 9.52 Å². The van der Waals surface area contributed by atoms with Gasteiger partial charge in [-0.25, -0.2) is 31.1 Å². The third-order valence-corrected chi connectivity index (χ3v) is 6.97. The van der Waals surface area contributed by atoms with E-state index in [9.17, 15) is 26.4 Å². The zero-order chi connectivity index (χ0) is 27.7. The fourth-order valence-corrected chi connectivity index (χ4v) is 4.65. The average molecular weight is 574 g/mol. The van der Waals surface area contributed by atoms with Gasteiger partial charge < -0.3 is 5.32 Å². The van der Waals surface area contributed by atoms with Gasteiger partial charge in [0.25, 0.3) is 22.4 Å². The highest BCUT2D eigenvalue weighted by Gasteiger charge is 2.22. The van der Waals surface area contributed by atoms with Gasteiger partial charge in [-0.1, -0.05) is 11.6 Å². The molecule has 39 heavy (non-hydrogen) atoms. The molecular weight excluding hydrogens is 559 g/mol. The normalized spacial score (nSPS) is 11.6. The van der Waals surface area contributed by atoms with Crippen LogP contribution >= 0.6 is 11.6 Å². The maximum absolute atomic E-state index is 13.8. The van der Waals surface area contributed by atoms with Crippen LogP contribution in [0.1, 0.15) is 22.5 Å². The number of hydrogen-bond donors (Lipinski definition) is 2. The number of sulfonamides is 1. The van der Waals surface area contributed by atoms with Crippen molar-refractivity contribution in [2.75, 3.05) is 10.0 Å². The first kappa shape index (κ1) is 26.1. The second-order valence-electron chi connectivity index (χ2n) is 7.99. The number of nitrogens with zero attached hydrogens (tertiary/aromatic N) is 5. The Kier molecular flexibility index (Phi) is 6.89. The molecule has 0 saturated carbocycles. The molecule has 0 aliphatic heterocycles. The molecule has 198 valence electrons. The van der Waals surface area contributed by atoms with Gasteiger partial charge in [0.05, 0.1) is 16.8 Å². The van der Waals surface area contributed by atoms with E-state index in [1.165, 1.54) is 48.5 Å². The molecular formula is C24H15ClF3N7O3S. The Labute approximate surface area is 223 Å². The van der Waals surface area contributed by atoms with Crippen molar-refractivity contribution in [1.29, 1.82) is 0 Å². The van der Waals surface area contributed by atoms with Gasteiger partial charge >= 0.3 is 0 Å². The summed E-state index contributed by atoms with van der Waals surface area (Å²) in [5, 5.41) is 13.8. The lowest BCUT2D eigenvalue weighted by atomic mass is 10.1. The molecule has 0 bridgehead atoms. The molecule has 3 aromatic heterocycles. The van der Waals surface area contributed by atoms with E-state index < -0.39 is 33.9 Å². The largest absolute Gasteiger partial charge is 0.322 e. The van der Waals surface area contributed by atoms with E-state index in [1.54, 1.807) is 0 Å². The molecule has 0 fully saturated rings. The van der Waals surface area contributed by atoms with Crippen LogP contribution in [0, 0.1) is 5.82 Å². The number of nitrogens with one attached hydrogen (secondary N) is 2. The average Bonchev–Trinajstić information content (AvgIpc) is 3.34. The van der Waals surface area contributed by atoms with E-state index in [4.69, 9.17) is 11.6 Å². The van der Waals surface area contributed by atoms with Gasteiger partial charge in [-0.15, -0.1) is 10.2 Å². The molecule has 10 nitrogen and oxygen atoms in total. The lowest BCUT2D eigenvalue weighted by Gasteiger charge is -2.10. The van der Waals surface area contributed by atoms with Crippen molar-refractivity contribution in [2.24, 2.45) is 0 Å². The lowest BCUT2D eigenvalue weighted by molar-refractivity contribution is 0.102. The van der Waals surface area contributed by atoms with Crippen LogP contribution in [0.15, 0.2) is 77.8 Å². The van der Waals surface area contributed by atoms with Gasteiger partial charge in [0, 0.05) is 11.3 Å². The van der Waals surface area contributed by atoms with Crippen LogP contribution in [-0.2, 0) is 10.0 Å². The highest BCUT2D eigenvalue weighted by molar-refractivity contribution is 7.92. The van der Waals surface area contributed by atoms with Crippen LogP contribution < -0.4 is 10.0 Å². The molecule has 0 atom stereocenters. The molecule has 5 rings (SSSR count). The van der Waals surface area contributed by atoms with Crippen LogP contribution in [0.2, 0.25) is 5.15 Å². The fraction of sp³-hybridized carbons (Fsp3) is 0.0417. The Morgan fingerprint density at radius 1 is 0.974 bits per heavy atom. The summed E-state index contributed by atoms with van der Waals surface area (Å²) in [6.45, 7) is 0. The standard InChI is InChI=1S/C24H15ClF3N7O3S/c25-20-9-10-21(33-32-20)34-39(37,38)16-7-5-15(6-8-16)30-24(36)17-12-29-35-19(22(27)28)11-18(31-23(17)35)13-1-3-14(26)4-2-13/h1-12,22H,(H,30,36)(H,33,34). The number of hydrogen-bond acceptors (Lipinski definition) is 7. The van der Waals surface area contributed by atoms with E-state index in [0.717, 1.165) is 28.9 Å². The maximum Gasteiger partial charge on any atom is 0.280 e. The van der Waals surface area contributed by atoms with E-state index in [2.05, 4.69) is 30.3 Å². The van der Waals surface area contributed by atoms with Crippen molar-refractivity contribution in [1.82, 2.24) is 24.8 Å². The maximum atomic E-state index is 13.8. The summed E-state index contributed by atoms with van der Waals surface area (Å²) < 4.78 is 69.2. The molecule has 1 amide bonds. The minimum absolute atomic E-state index is 0.0412. The van der Waals surface area contributed by atoms with Crippen molar-refractivity contribution >= 4 is 44.7 Å². The number of carbonyl (C=O) groups excluding carboxylic acids is 1. The third-order valence-electron chi connectivity index (χ3n) is 5.40. The summed E-state index contributed by atoms with van der Waals surface area (Å²) in [5.74, 6) is -1.27. The first-order valence-electron chi connectivity index (χ1n) is 11.0. The molecule has 0 unspecified atom stereocenters. The molecule has 2 aromatic carbocycles. The molecule has 0 aliphatic carbocycles. The zero-order valence-corrected chi connectivity index (χ0v) is 21.0. The van der Waals surface area contributed by atoms with Crippen molar-refractivity contribution < 1.29 is 26.4 Å². The van der Waals surface area contributed by atoms with Gasteiger partial charge in [-0.05, 0) is 66.7 Å². The van der Waals surface area contributed by atoms with Crippen molar-refractivity contribution in [3.63, 3.8) is 0 Å². The number of halogens is 4. The lowest BCUT2D eigenvalue weighted by Crippen LogP contribution is -2.15. The summed E-state index contributed by atoms with van der Waals surface area (Å²) >= 11 is 5.65. The summed E-state index contributed by atoms with van der Waals surface area (Å²) in [6, 6.07) is 14.1. The topological polar surface area (TPSA) is 131 Å². The van der Waals surface area contributed by atoms with Crippen molar-refractivity contribution in [2.45, 2.75) is 11.3 Å². The van der Waals surface area contributed by atoms with Gasteiger partial charge in [-0.2, -0.15) is 5.10 Å². The molecule has 5 aromatic rings. The van der Waals surface area contributed by atoms with Crippen molar-refractivity contribution in [3.8, 4) is 11.3 Å².